The van der Waals surface area contributed by atoms with Crippen LogP contribution < -0.4 is 10.3 Å². The Morgan fingerprint density at radius 3 is 2.56 bits per heavy atom. The van der Waals surface area contributed by atoms with Crippen molar-refractivity contribution in [3.63, 3.8) is 0 Å². The molecule has 0 fully saturated rings. The molecule has 4 nitrogen and oxygen atoms in total. The number of ether oxygens (including phenoxy) is 1. The summed E-state index contributed by atoms with van der Waals surface area (Å²) < 4.78 is 5.82. The van der Waals surface area contributed by atoms with Crippen LogP contribution >= 0.6 is 12.2 Å². The van der Waals surface area contributed by atoms with Crippen molar-refractivity contribution in [3.05, 3.63) is 45.5 Å². The van der Waals surface area contributed by atoms with Gasteiger partial charge in [0.1, 0.15) is 5.75 Å². The predicted molar refractivity (Wildman–Crippen MR) is 73.5 cm³/mol. The molecular formula is C13H14N2O2S. The summed E-state index contributed by atoms with van der Waals surface area (Å²) in [5.74, 6) is 0.823. The number of nitrogens with one attached hydrogen (secondary N) is 2. The molecule has 2 aromatic rings. The van der Waals surface area contributed by atoms with Crippen molar-refractivity contribution < 1.29 is 4.74 Å². The van der Waals surface area contributed by atoms with Gasteiger partial charge in [-0.15, -0.1) is 0 Å². The lowest BCUT2D eigenvalue weighted by atomic mass is 10.1. The summed E-state index contributed by atoms with van der Waals surface area (Å²) >= 11 is 4.93. The third-order valence-corrected chi connectivity index (χ3v) is 2.60. The lowest BCUT2D eigenvalue weighted by Crippen LogP contribution is -2.06. The van der Waals surface area contributed by atoms with E-state index in [0.717, 1.165) is 17.7 Å². The fourth-order valence-corrected chi connectivity index (χ4v) is 1.79. The molecule has 5 heteroatoms. The van der Waals surface area contributed by atoms with Crippen LogP contribution in [0.15, 0.2) is 35.1 Å². The van der Waals surface area contributed by atoms with Gasteiger partial charge in [0.15, 0.2) is 4.77 Å². The van der Waals surface area contributed by atoms with E-state index >= 15 is 0 Å². The fraction of sp³-hybridized carbons (Fsp3) is 0.231. The molecular weight excluding hydrogens is 248 g/mol. The molecule has 0 radical (unpaired) electrons. The van der Waals surface area contributed by atoms with E-state index in [9.17, 15) is 4.79 Å². The Morgan fingerprint density at radius 1 is 1.22 bits per heavy atom. The summed E-state index contributed by atoms with van der Waals surface area (Å²) in [6.45, 7) is 2.76. The fourth-order valence-electron chi connectivity index (χ4n) is 1.57. The highest BCUT2D eigenvalue weighted by Gasteiger charge is 2.00. The highest BCUT2D eigenvalue weighted by atomic mass is 32.1. The number of H-pyrrole nitrogens is 2. The first-order valence-corrected chi connectivity index (χ1v) is 6.17. The molecule has 0 saturated carbocycles. The predicted octanol–water partition coefficient (Wildman–Crippen LogP) is 2.89. The normalized spacial score (nSPS) is 10.3. The van der Waals surface area contributed by atoms with Crippen molar-refractivity contribution in [1.29, 1.82) is 0 Å². The monoisotopic (exact) mass is 262 g/mol. The zero-order valence-electron chi connectivity index (χ0n) is 10.0. The Kier molecular flexibility index (Phi) is 3.94. The Morgan fingerprint density at radius 2 is 1.94 bits per heavy atom. The van der Waals surface area contributed by atoms with Crippen LogP contribution in [0.4, 0.5) is 0 Å². The van der Waals surface area contributed by atoms with Crippen LogP contribution in [0.5, 0.6) is 5.75 Å². The molecule has 0 amide bonds. The minimum absolute atomic E-state index is 0.208. The molecule has 0 unspecified atom stereocenters. The molecule has 2 N–H and O–H groups in total. The van der Waals surface area contributed by atoms with E-state index in [-0.39, 0.29) is 5.56 Å². The molecule has 1 aromatic heterocycles. The molecule has 1 heterocycles. The summed E-state index contributed by atoms with van der Waals surface area (Å²) in [7, 11) is 0. The molecule has 0 atom stereocenters. The number of hydrogen-bond donors (Lipinski definition) is 2. The van der Waals surface area contributed by atoms with Crippen LogP contribution in [0.25, 0.3) is 11.3 Å². The van der Waals surface area contributed by atoms with Gasteiger partial charge in [-0.25, -0.2) is 0 Å². The van der Waals surface area contributed by atoms with Gasteiger partial charge in [0.25, 0.3) is 5.56 Å². The van der Waals surface area contributed by atoms with Crippen LogP contribution in [0.2, 0.25) is 0 Å². The maximum Gasteiger partial charge on any atom is 0.252 e. The lowest BCUT2D eigenvalue weighted by Gasteiger charge is -2.06. The molecule has 18 heavy (non-hydrogen) atoms. The standard InChI is InChI=1S/C13H14N2O2S/c1-2-7-17-10-5-3-9(4-6-10)11-8-12(16)15-13(18)14-11/h3-6,8H,2,7H2,1H3,(H2,14,15,16,18). The van der Waals surface area contributed by atoms with E-state index in [1.165, 1.54) is 6.07 Å². The van der Waals surface area contributed by atoms with Crippen LogP contribution in [0, 0.1) is 4.77 Å². The number of aromatic amines is 2. The van der Waals surface area contributed by atoms with Crippen molar-refractivity contribution in [1.82, 2.24) is 9.97 Å². The zero-order valence-corrected chi connectivity index (χ0v) is 10.8. The molecule has 1 aromatic carbocycles. The molecule has 0 spiro atoms. The Labute approximate surface area is 110 Å². The summed E-state index contributed by atoms with van der Waals surface area (Å²) in [6.07, 6.45) is 0.975. The van der Waals surface area contributed by atoms with E-state index < -0.39 is 0 Å². The van der Waals surface area contributed by atoms with Gasteiger partial charge in [0, 0.05) is 6.07 Å². The van der Waals surface area contributed by atoms with Gasteiger partial charge in [-0.3, -0.25) is 9.78 Å². The lowest BCUT2D eigenvalue weighted by molar-refractivity contribution is 0.317. The van der Waals surface area contributed by atoms with Crippen LogP contribution in [-0.2, 0) is 0 Å². The zero-order chi connectivity index (χ0) is 13.0. The van der Waals surface area contributed by atoms with E-state index in [1.807, 2.05) is 24.3 Å². The topological polar surface area (TPSA) is 57.9 Å². The second kappa shape index (κ2) is 5.64. The van der Waals surface area contributed by atoms with Gasteiger partial charge in [-0.2, -0.15) is 0 Å². The van der Waals surface area contributed by atoms with Gasteiger partial charge < -0.3 is 9.72 Å². The molecule has 94 valence electrons. The van der Waals surface area contributed by atoms with Gasteiger partial charge in [0.2, 0.25) is 0 Å². The first-order chi connectivity index (χ1) is 8.69. The third-order valence-electron chi connectivity index (χ3n) is 2.40. The van der Waals surface area contributed by atoms with E-state index in [0.29, 0.717) is 17.1 Å². The van der Waals surface area contributed by atoms with Crippen LogP contribution in [-0.4, -0.2) is 16.6 Å². The number of rotatable bonds is 4. The van der Waals surface area contributed by atoms with Crippen LogP contribution in [0.3, 0.4) is 0 Å². The minimum Gasteiger partial charge on any atom is -0.494 e. The SMILES string of the molecule is CCCOc1ccc(-c2cc(=O)[nH]c(=S)[nH]2)cc1. The quantitative estimate of drug-likeness (QED) is 0.833. The maximum atomic E-state index is 11.3. The van der Waals surface area contributed by atoms with Crippen molar-refractivity contribution in [2.45, 2.75) is 13.3 Å². The second-order valence-corrected chi connectivity index (χ2v) is 4.28. The average molecular weight is 262 g/mol. The molecule has 0 saturated heterocycles. The third kappa shape index (κ3) is 3.07. The van der Waals surface area contributed by atoms with E-state index in [1.54, 1.807) is 0 Å². The van der Waals surface area contributed by atoms with Crippen LogP contribution in [0.1, 0.15) is 13.3 Å². The number of aromatic nitrogens is 2. The maximum absolute atomic E-state index is 11.3. The first-order valence-electron chi connectivity index (χ1n) is 5.76. The molecule has 0 bridgehead atoms. The van der Waals surface area contributed by atoms with Gasteiger partial charge in [-0.05, 0) is 48.5 Å². The Bertz CT molecular complexity index is 600. The van der Waals surface area contributed by atoms with Gasteiger partial charge in [0.05, 0.1) is 12.3 Å². The minimum atomic E-state index is -0.208. The van der Waals surface area contributed by atoms with Gasteiger partial charge in [-0.1, -0.05) is 6.92 Å². The summed E-state index contributed by atoms with van der Waals surface area (Å²) in [4.78, 5) is 16.8. The summed E-state index contributed by atoms with van der Waals surface area (Å²) in [5, 5.41) is 0. The summed E-state index contributed by atoms with van der Waals surface area (Å²) in [5.41, 5.74) is 1.39. The molecule has 0 aliphatic heterocycles. The van der Waals surface area contributed by atoms with Crippen molar-refractivity contribution >= 4 is 12.2 Å². The Balaban J connectivity index is 2.28. The molecule has 2 rings (SSSR count). The largest absolute Gasteiger partial charge is 0.494 e. The second-order valence-electron chi connectivity index (χ2n) is 3.87. The molecule has 0 aliphatic rings. The smallest absolute Gasteiger partial charge is 0.252 e. The Hall–Kier alpha value is -1.88. The number of benzene rings is 1. The summed E-state index contributed by atoms with van der Waals surface area (Å²) in [6, 6.07) is 9.03. The van der Waals surface area contributed by atoms with E-state index in [4.69, 9.17) is 17.0 Å². The highest BCUT2D eigenvalue weighted by molar-refractivity contribution is 7.71. The number of hydrogen-bond acceptors (Lipinski definition) is 3. The van der Waals surface area contributed by atoms with Gasteiger partial charge >= 0.3 is 0 Å². The van der Waals surface area contributed by atoms with E-state index in [2.05, 4.69) is 16.9 Å². The highest BCUT2D eigenvalue weighted by Crippen LogP contribution is 2.19. The average Bonchev–Trinajstić information content (AvgIpc) is 2.36. The first kappa shape index (κ1) is 12.6. The van der Waals surface area contributed by atoms with Crippen molar-refractivity contribution in [3.8, 4) is 17.0 Å². The molecule has 0 aliphatic carbocycles. The van der Waals surface area contributed by atoms with Crippen molar-refractivity contribution in [2.75, 3.05) is 6.61 Å². The van der Waals surface area contributed by atoms with Crippen molar-refractivity contribution in [2.24, 2.45) is 0 Å².